The molecule has 0 amide bonds. The molecular weight excluding hydrogens is 216 g/mol. The number of nitrogens with two attached hydrogens (primary N) is 1. The first-order valence-corrected chi connectivity index (χ1v) is 4.47. The number of esters is 1. The second kappa shape index (κ2) is 7.09. The van der Waals surface area contributed by atoms with Crippen LogP contribution in [-0.4, -0.2) is 12.6 Å². The van der Waals surface area contributed by atoms with Crippen molar-refractivity contribution in [2.75, 3.05) is 12.0 Å². The Bertz CT molecular complexity index is 301. The standard InChI is InChI=1S/C10H14N2O2.ClH/c1-2-14-10(13)7-8-3-5-9(12-11)6-4-8;/h3-6,12H,2,7,11H2,1H3;1H. The van der Waals surface area contributed by atoms with Gasteiger partial charge in [-0.05, 0) is 24.6 Å². The number of rotatable bonds is 4. The third-order valence-electron chi connectivity index (χ3n) is 1.77. The molecule has 0 aliphatic heterocycles. The van der Waals surface area contributed by atoms with Crippen LogP contribution in [0.15, 0.2) is 24.3 Å². The van der Waals surface area contributed by atoms with Gasteiger partial charge in [0, 0.05) is 5.69 Å². The molecule has 0 spiro atoms. The molecule has 1 aromatic rings. The molecule has 5 heteroatoms. The Labute approximate surface area is 95.2 Å². The second-order valence-corrected chi connectivity index (χ2v) is 2.82. The molecule has 0 saturated heterocycles. The number of hydrogen-bond acceptors (Lipinski definition) is 4. The summed E-state index contributed by atoms with van der Waals surface area (Å²) in [5, 5.41) is 0. The van der Waals surface area contributed by atoms with Crippen LogP contribution >= 0.6 is 12.4 Å². The smallest absolute Gasteiger partial charge is 0.310 e. The first-order chi connectivity index (χ1) is 6.76. The van der Waals surface area contributed by atoms with Gasteiger partial charge in [0.15, 0.2) is 0 Å². The number of benzene rings is 1. The number of nitrogen functional groups attached to an aromatic ring is 1. The molecule has 84 valence electrons. The van der Waals surface area contributed by atoms with E-state index in [1.54, 1.807) is 6.92 Å². The quantitative estimate of drug-likeness (QED) is 0.468. The molecule has 0 unspecified atom stereocenters. The highest BCUT2D eigenvalue weighted by Crippen LogP contribution is 2.08. The fourth-order valence-corrected chi connectivity index (χ4v) is 1.10. The van der Waals surface area contributed by atoms with Crippen LogP contribution in [0, 0.1) is 0 Å². The predicted octanol–water partition coefficient (Wildman–Crippen LogP) is 1.50. The SMILES string of the molecule is CCOC(=O)Cc1ccc(NN)cc1.Cl. The molecule has 0 aliphatic carbocycles. The molecule has 0 heterocycles. The van der Waals surface area contributed by atoms with Gasteiger partial charge in [0.25, 0.3) is 0 Å². The van der Waals surface area contributed by atoms with Crippen molar-refractivity contribution in [3.8, 4) is 0 Å². The van der Waals surface area contributed by atoms with Gasteiger partial charge in [-0.1, -0.05) is 12.1 Å². The maximum Gasteiger partial charge on any atom is 0.310 e. The van der Waals surface area contributed by atoms with E-state index < -0.39 is 0 Å². The highest BCUT2D eigenvalue weighted by Gasteiger charge is 2.02. The summed E-state index contributed by atoms with van der Waals surface area (Å²) < 4.78 is 4.82. The minimum absolute atomic E-state index is 0. The topological polar surface area (TPSA) is 64.3 Å². The number of carbonyl (C=O) groups excluding carboxylic acids is 1. The van der Waals surface area contributed by atoms with E-state index in [-0.39, 0.29) is 18.4 Å². The van der Waals surface area contributed by atoms with E-state index in [2.05, 4.69) is 5.43 Å². The van der Waals surface area contributed by atoms with Crippen molar-refractivity contribution < 1.29 is 9.53 Å². The number of hydrazine groups is 1. The lowest BCUT2D eigenvalue weighted by Gasteiger charge is -2.03. The third kappa shape index (κ3) is 4.67. The summed E-state index contributed by atoms with van der Waals surface area (Å²) >= 11 is 0. The third-order valence-corrected chi connectivity index (χ3v) is 1.77. The Kier molecular flexibility index (Phi) is 6.49. The van der Waals surface area contributed by atoms with Crippen molar-refractivity contribution in [2.45, 2.75) is 13.3 Å². The molecule has 0 radical (unpaired) electrons. The second-order valence-electron chi connectivity index (χ2n) is 2.82. The minimum Gasteiger partial charge on any atom is -0.466 e. The Balaban J connectivity index is 0.00000196. The van der Waals surface area contributed by atoms with Crippen molar-refractivity contribution in [1.82, 2.24) is 0 Å². The first-order valence-electron chi connectivity index (χ1n) is 4.47. The van der Waals surface area contributed by atoms with Gasteiger partial charge in [0.05, 0.1) is 13.0 Å². The Morgan fingerprint density at radius 1 is 1.40 bits per heavy atom. The van der Waals surface area contributed by atoms with Crippen LogP contribution in [0.5, 0.6) is 0 Å². The molecular formula is C10H15ClN2O2. The fraction of sp³-hybridized carbons (Fsp3) is 0.300. The number of anilines is 1. The van der Waals surface area contributed by atoms with E-state index in [0.717, 1.165) is 11.3 Å². The lowest BCUT2D eigenvalue weighted by atomic mass is 10.1. The lowest BCUT2D eigenvalue weighted by molar-refractivity contribution is -0.142. The maximum absolute atomic E-state index is 11.1. The molecule has 0 saturated carbocycles. The van der Waals surface area contributed by atoms with E-state index in [4.69, 9.17) is 10.6 Å². The summed E-state index contributed by atoms with van der Waals surface area (Å²) in [4.78, 5) is 11.1. The molecule has 15 heavy (non-hydrogen) atoms. The van der Waals surface area contributed by atoms with Crippen molar-refractivity contribution in [1.29, 1.82) is 0 Å². The fourth-order valence-electron chi connectivity index (χ4n) is 1.10. The molecule has 0 atom stereocenters. The van der Waals surface area contributed by atoms with E-state index in [1.807, 2.05) is 24.3 Å². The summed E-state index contributed by atoms with van der Waals surface area (Å²) in [6.07, 6.45) is 0.304. The normalized spacial score (nSPS) is 8.93. The molecule has 0 aromatic heterocycles. The van der Waals surface area contributed by atoms with Gasteiger partial charge in [-0.3, -0.25) is 10.6 Å². The first kappa shape index (κ1) is 13.7. The molecule has 4 nitrogen and oxygen atoms in total. The predicted molar refractivity (Wildman–Crippen MR) is 61.8 cm³/mol. The number of nitrogens with one attached hydrogen (secondary N) is 1. The Hall–Kier alpha value is -1.26. The molecule has 1 rings (SSSR count). The zero-order chi connectivity index (χ0) is 10.4. The zero-order valence-corrected chi connectivity index (χ0v) is 9.34. The van der Waals surface area contributed by atoms with E-state index in [1.165, 1.54) is 0 Å². The lowest BCUT2D eigenvalue weighted by Crippen LogP contribution is -2.08. The highest BCUT2D eigenvalue weighted by atomic mass is 35.5. The van der Waals surface area contributed by atoms with Crippen LogP contribution in [0.2, 0.25) is 0 Å². The Morgan fingerprint density at radius 3 is 2.47 bits per heavy atom. The van der Waals surface area contributed by atoms with Gasteiger partial charge in [0.2, 0.25) is 0 Å². The van der Waals surface area contributed by atoms with Crippen LogP contribution in [0.4, 0.5) is 5.69 Å². The molecule has 0 bridgehead atoms. The van der Waals surface area contributed by atoms with Gasteiger partial charge in [0.1, 0.15) is 0 Å². The van der Waals surface area contributed by atoms with Crippen molar-refractivity contribution >= 4 is 24.1 Å². The number of hydrogen-bond donors (Lipinski definition) is 2. The highest BCUT2D eigenvalue weighted by molar-refractivity contribution is 5.85. The van der Waals surface area contributed by atoms with Gasteiger partial charge in [-0.2, -0.15) is 0 Å². The minimum atomic E-state index is -0.207. The van der Waals surface area contributed by atoms with Crippen molar-refractivity contribution in [3.05, 3.63) is 29.8 Å². The molecule has 0 aliphatic rings. The van der Waals surface area contributed by atoms with Crippen LogP contribution in [0.3, 0.4) is 0 Å². The van der Waals surface area contributed by atoms with E-state index in [9.17, 15) is 4.79 Å². The van der Waals surface area contributed by atoms with Crippen LogP contribution in [0.25, 0.3) is 0 Å². The number of ether oxygens (including phenoxy) is 1. The van der Waals surface area contributed by atoms with Crippen molar-refractivity contribution in [3.63, 3.8) is 0 Å². The molecule has 3 N–H and O–H groups in total. The number of carbonyl (C=O) groups is 1. The summed E-state index contributed by atoms with van der Waals surface area (Å²) in [6, 6.07) is 7.31. The zero-order valence-electron chi connectivity index (χ0n) is 8.53. The van der Waals surface area contributed by atoms with Crippen LogP contribution < -0.4 is 11.3 Å². The van der Waals surface area contributed by atoms with E-state index >= 15 is 0 Å². The Morgan fingerprint density at radius 2 is 2.00 bits per heavy atom. The summed E-state index contributed by atoms with van der Waals surface area (Å²) in [6.45, 7) is 2.21. The van der Waals surface area contributed by atoms with Crippen LogP contribution in [-0.2, 0) is 16.0 Å². The van der Waals surface area contributed by atoms with Gasteiger partial charge in [-0.25, -0.2) is 0 Å². The monoisotopic (exact) mass is 230 g/mol. The average molecular weight is 231 g/mol. The summed E-state index contributed by atoms with van der Waals surface area (Å²) in [5.74, 6) is 5.00. The van der Waals surface area contributed by atoms with Crippen LogP contribution in [0.1, 0.15) is 12.5 Å². The molecule has 1 aromatic carbocycles. The van der Waals surface area contributed by atoms with Gasteiger partial charge in [-0.15, -0.1) is 12.4 Å². The summed E-state index contributed by atoms with van der Waals surface area (Å²) in [5.41, 5.74) is 4.25. The largest absolute Gasteiger partial charge is 0.466 e. The molecule has 0 fully saturated rings. The van der Waals surface area contributed by atoms with Gasteiger partial charge < -0.3 is 10.2 Å². The average Bonchev–Trinajstić information content (AvgIpc) is 2.19. The van der Waals surface area contributed by atoms with Gasteiger partial charge >= 0.3 is 5.97 Å². The summed E-state index contributed by atoms with van der Waals surface area (Å²) in [7, 11) is 0. The van der Waals surface area contributed by atoms with Crippen molar-refractivity contribution in [2.24, 2.45) is 5.84 Å². The van der Waals surface area contributed by atoms with E-state index in [0.29, 0.717) is 13.0 Å². The number of halogens is 1. The maximum atomic E-state index is 11.1.